The first-order chi connectivity index (χ1) is 18.0. The number of sulfone groups is 1. The van der Waals surface area contributed by atoms with E-state index in [0.29, 0.717) is 0 Å². The molecular weight excluding hydrogens is 673 g/mol. The summed E-state index contributed by atoms with van der Waals surface area (Å²) in [7, 11) is -4.08. The molecule has 0 amide bonds. The molecule has 2 rings (SSSR count). The third kappa shape index (κ3) is 9.21. The first kappa shape index (κ1) is 32.6. The number of hydrogen-bond acceptors (Lipinski definition) is 10. The molecule has 0 N–H and O–H groups in total. The fourth-order valence-corrected chi connectivity index (χ4v) is 4.63. The van der Waals surface area contributed by atoms with Gasteiger partial charge in [-0.3, -0.25) is 20.2 Å². The summed E-state index contributed by atoms with van der Waals surface area (Å²) in [6.07, 6.45) is 0. The second-order valence-corrected chi connectivity index (χ2v) is 11.8. The molecule has 0 heterocycles. The summed E-state index contributed by atoms with van der Waals surface area (Å²) in [6.45, 7) is 0. The van der Waals surface area contributed by atoms with Crippen LogP contribution >= 0.6 is 69.6 Å². The quantitative estimate of drug-likeness (QED) is 0.0923. The van der Waals surface area contributed by atoms with Gasteiger partial charge in [0.15, 0.2) is 19.9 Å². The van der Waals surface area contributed by atoms with Gasteiger partial charge in [0.2, 0.25) is 11.5 Å². The number of nitro groups is 2. The average Bonchev–Trinajstić information content (AvgIpc) is 2.83. The van der Waals surface area contributed by atoms with Gasteiger partial charge in [0, 0.05) is 12.1 Å². The molecule has 12 nitrogen and oxygen atoms in total. The van der Waals surface area contributed by atoms with Crippen molar-refractivity contribution in [2.75, 3.05) is 0 Å². The summed E-state index contributed by atoms with van der Waals surface area (Å²) in [4.78, 5) is 44.8. The number of hydrogen-bond donors (Lipinski definition) is 0. The van der Waals surface area contributed by atoms with Crippen molar-refractivity contribution in [1.82, 2.24) is 0 Å². The molecule has 0 bridgehead atoms. The number of nitrogens with zero attached hydrogens (tertiary/aromatic N) is 2. The summed E-state index contributed by atoms with van der Waals surface area (Å²) < 4.78 is 33.9. The van der Waals surface area contributed by atoms with Crippen molar-refractivity contribution in [3.8, 4) is 11.5 Å². The fraction of sp³-hybridized carbons (Fsp3) is 0.100. The number of rotatable bonds is 10. The van der Waals surface area contributed by atoms with Crippen molar-refractivity contribution < 1.29 is 37.3 Å². The van der Waals surface area contributed by atoms with Crippen molar-refractivity contribution >= 4 is 103 Å². The SMILES string of the molecule is O=C(Oc1ccc(CS(=O)(=O)Cc2ccc(OC(=O)C(Cl)=C(Cl)Cl)c([N+](=O)[O-])c2)cc1[N+](=O)[O-])C(Cl)=C(Cl)Cl. The molecule has 208 valence electrons. The molecule has 0 aromatic heterocycles. The Hall–Kier alpha value is -2.65. The van der Waals surface area contributed by atoms with E-state index < -0.39 is 85.0 Å². The van der Waals surface area contributed by atoms with E-state index in [2.05, 4.69) is 0 Å². The predicted octanol–water partition coefficient (Wildman–Crippen LogP) is 6.20. The lowest BCUT2D eigenvalue weighted by molar-refractivity contribution is -0.385. The molecule has 2 aromatic rings. The van der Waals surface area contributed by atoms with Crippen LogP contribution in [0.3, 0.4) is 0 Å². The van der Waals surface area contributed by atoms with Crippen LogP contribution in [0.1, 0.15) is 11.1 Å². The molecule has 0 fully saturated rings. The minimum absolute atomic E-state index is 0.0713. The van der Waals surface area contributed by atoms with Gasteiger partial charge in [0.1, 0.15) is 8.98 Å². The maximum Gasteiger partial charge on any atom is 0.357 e. The van der Waals surface area contributed by atoms with Crippen LogP contribution in [0, 0.1) is 20.2 Å². The number of nitro benzene ring substituents is 2. The van der Waals surface area contributed by atoms with Gasteiger partial charge in [-0.05, 0) is 23.3 Å². The molecule has 0 aliphatic rings. The molecule has 0 radical (unpaired) electrons. The van der Waals surface area contributed by atoms with Gasteiger partial charge < -0.3 is 9.47 Å². The summed E-state index contributed by atoms with van der Waals surface area (Å²) in [5.74, 6) is -5.19. The van der Waals surface area contributed by atoms with E-state index in [0.717, 1.165) is 36.4 Å². The standard InChI is InChI=1S/C20H10Cl6N2O10S/c21-15(17(23)24)19(29)37-13-3-1-9(5-11(13)27(31)32)7-39(35,36)8-10-2-4-14(12(6-10)28(33)34)38-20(30)16(22)18(25)26/h1-6H,7-8H2. The highest BCUT2D eigenvalue weighted by molar-refractivity contribution is 7.89. The molecule has 19 heteroatoms. The second-order valence-electron chi connectivity index (χ2n) is 7.08. The van der Waals surface area contributed by atoms with Crippen molar-refractivity contribution in [2.24, 2.45) is 0 Å². The summed E-state index contributed by atoms with van der Waals surface area (Å²) >= 11 is 32.6. The number of carbonyl (C=O) groups is 2. The Morgan fingerprint density at radius 3 is 1.31 bits per heavy atom. The zero-order chi connectivity index (χ0) is 29.7. The van der Waals surface area contributed by atoms with E-state index in [4.69, 9.17) is 79.1 Å². The van der Waals surface area contributed by atoms with Gasteiger partial charge in [-0.15, -0.1) is 0 Å². The van der Waals surface area contributed by atoms with Gasteiger partial charge in [-0.25, -0.2) is 18.0 Å². The van der Waals surface area contributed by atoms with Gasteiger partial charge in [-0.2, -0.15) is 0 Å². The van der Waals surface area contributed by atoms with Crippen molar-refractivity contribution in [3.05, 3.63) is 86.8 Å². The first-order valence-corrected chi connectivity index (χ1v) is 13.7. The van der Waals surface area contributed by atoms with Crippen LogP contribution in [0.25, 0.3) is 0 Å². The highest BCUT2D eigenvalue weighted by atomic mass is 35.5. The maximum absolute atomic E-state index is 12.8. The molecule has 0 saturated carbocycles. The lowest BCUT2D eigenvalue weighted by atomic mass is 10.2. The third-order valence-corrected chi connectivity index (χ3v) is 7.68. The van der Waals surface area contributed by atoms with Crippen LogP contribution in [-0.4, -0.2) is 30.2 Å². The van der Waals surface area contributed by atoms with Crippen molar-refractivity contribution in [1.29, 1.82) is 0 Å². The second kappa shape index (κ2) is 13.6. The predicted molar refractivity (Wildman–Crippen MR) is 143 cm³/mol. The van der Waals surface area contributed by atoms with Gasteiger partial charge in [-0.1, -0.05) is 81.7 Å². The largest absolute Gasteiger partial charge is 0.415 e. The van der Waals surface area contributed by atoms with Crippen LogP contribution in [-0.2, 0) is 30.9 Å². The smallest absolute Gasteiger partial charge is 0.357 e. The van der Waals surface area contributed by atoms with E-state index in [-0.39, 0.29) is 11.1 Å². The summed E-state index contributed by atoms with van der Waals surface area (Å²) in [5, 5.41) is 21.4. The zero-order valence-electron chi connectivity index (χ0n) is 18.5. The lowest BCUT2D eigenvalue weighted by Gasteiger charge is -2.09. The molecule has 0 unspecified atom stereocenters. The van der Waals surface area contributed by atoms with Crippen molar-refractivity contribution in [2.45, 2.75) is 11.5 Å². The minimum Gasteiger partial charge on any atom is -0.415 e. The number of ether oxygens (including phenoxy) is 2. The Bertz CT molecular complexity index is 1430. The zero-order valence-corrected chi connectivity index (χ0v) is 23.9. The molecule has 0 saturated heterocycles. The normalized spacial score (nSPS) is 10.8. The molecular formula is C20H10Cl6N2O10S. The molecule has 0 aliphatic heterocycles. The minimum atomic E-state index is -4.08. The van der Waals surface area contributed by atoms with E-state index in [1.54, 1.807) is 0 Å². The van der Waals surface area contributed by atoms with Crippen LogP contribution in [0.5, 0.6) is 11.5 Å². The lowest BCUT2D eigenvalue weighted by Crippen LogP contribution is -2.12. The Kier molecular flexibility index (Phi) is 11.4. The molecule has 2 aromatic carbocycles. The average molecular weight is 683 g/mol. The van der Waals surface area contributed by atoms with Crippen LogP contribution in [0.2, 0.25) is 0 Å². The first-order valence-electron chi connectivity index (χ1n) is 9.63. The third-order valence-electron chi connectivity index (χ3n) is 4.31. The molecule has 0 spiro atoms. The number of carbonyl (C=O) groups excluding carboxylic acids is 2. The van der Waals surface area contributed by atoms with Crippen molar-refractivity contribution in [3.63, 3.8) is 0 Å². The number of esters is 2. The Balaban J connectivity index is 2.30. The Morgan fingerprint density at radius 2 is 1.03 bits per heavy atom. The van der Waals surface area contributed by atoms with Gasteiger partial charge in [0.05, 0.1) is 21.4 Å². The number of halogens is 6. The fourth-order valence-electron chi connectivity index (χ4n) is 2.77. The maximum atomic E-state index is 12.8. The van der Waals surface area contributed by atoms with Crippen LogP contribution < -0.4 is 9.47 Å². The van der Waals surface area contributed by atoms with Crippen LogP contribution in [0.4, 0.5) is 11.4 Å². The van der Waals surface area contributed by atoms with E-state index in [9.17, 15) is 38.2 Å². The topological polar surface area (TPSA) is 173 Å². The summed E-state index contributed by atoms with van der Waals surface area (Å²) in [6, 6.07) is 5.91. The molecule has 0 atom stereocenters. The summed E-state index contributed by atoms with van der Waals surface area (Å²) in [5.41, 5.74) is -1.67. The Morgan fingerprint density at radius 1 is 0.692 bits per heavy atom. The van der Waals surface area contributed by atoms with E-state index in [1.165, 1.54) is 0 Å². The Labute approximate surface area is 248 Å². The highest BCUT2D eigenvalue weighted by Crippen LogP contribution is 2.33. The van der Waals surface area contributed by atoms with Gasteiger partial charge >= 0.3 is 23.3 Å². The molecule has 39 heavy (non-hydrogen) atoms. The monoisotopic (exact) mass is 680 g/mol. The highest BCUT2D eigenvalue weighted by Gasteiger charge is 2.25. The molecule has 0 aliphatic carbocycles. The van der Waals surface area contributed by atoms with E-state index in [1.807, 2.05) is 0 Å². The van der Waals surface area contributed by atoms with Gasteiger partial charge in [0.25, 0.3) is 0 Å². The number of benzene rings is 2. The van der Waals surface area contributed by atoms with E-state index >= 15 is 0 Å². The van der Waals surface area contributed by atoms with Crippen LogP contribution in [0.15, 0.2) is 55.4 Å².